The van der Waals surface area contributed by atoms with Crippen LogP contribution in [0.15, 0.2) is 42.7 Å². The standard InChI is InChI=1S/C17H21N3O/c1-14-6-5-9-20(12-14)17-18-10-16(11-19-17)21-13-15-7-3-2-4-8-15/h2-4,7-8,10-11,14H,5-6,9,12-13H2,1H3/t14-/m1/s1. The molecule has 1 aromatic carbocycles. The van der Waals surface area contributed by atoms with Crippen molar-refractivity contribution in [3.63, 3.8) is 0 Å². The Balaban J connectivity index is 1.59. The zero-order valence-electron chi connectivity index (χ0n) is 12.4. The summed E-state index contributed by atoms with van der Waals surface area (Å²) in [4.78, 5) is 11.1. The Labute approximate surface area is 125 Å². The zero-order chi connectivity index (χ0) is 14.5. The Bertz CT molecular complexity index is 556. The third-order valence-electron chi connectivity index (χ3n) is 3.80. The number of piperidine rings is 1. The van der Waals surface area contributed by atoms with Crippen LogP contribution in [0.1, 0.15) is 25.3 Å². The van der Waals surface area contributed by atoms with E-state index in [-0.39, 0.29) is 0 Å². The monoisotopic (exact) mass is 283 g/mol. The van der Waals surface area contributed by atoms with Crippen molar-refractivity contribution in [2.75, 3.05) is 18.0 Å². The average molecular weight is 283 g/mol. The molecule has 21 heavy (non-hydrogen) atoms. The van der Waals surface area contributed by atoms with Gasteiger partial charge < -0.3 is 9.64 Å². The third-order valence-corrected chi connectivity index (χ3v) is 3.80. The molecule has 0 aliphatic carbocycles. The summed E-state index contributed by atoms with van der Waals surface area (Å²) in [5.74, 6) is 2.25. The van der Waals surface area contributed by atoms with Gasteiger partial charge in [-0.2, -0.15) is 0 Å². The van der Waals surface area contributed by atoms with Crippen molar-refractivity contribution < 1.29 is 4.74 Å². The first-order valence-corrected chi connectivity index (χ1v) is 7.55. The molecule has 2 heterocycles. The third kappa shape index (κ3) is 3.72. The zero-order valence-corrected chi connectivity index (χ0v) is 12.4. The first-order valence-electron chi connectivity index (χ1n) is 7.55. The van der Waals surface area contributed by atoms with Gasteiger partial charge in [-0.3, -0.25) is 0 Å². The van der Waals surface area contributed by atoms with E-state index in [4.69, 9.17) is 4.74 Å². The Morgan fingerprint density at radius 2 is 1.95 bits per heavy atom. The van der Waals surface area contributed by atoms with Gasteiger partial charge in [-0.05, 0) is 24.3 Å². The molecule has 3 rings (SSSR count). The van der Waals surface area contributed by atoms with Crippen molar-refractivity contribution in [1.29, 1.82) is 0 Å². The van der Waals surface area contributed by atoms with E-state index in [0.29, 0.717) is 12.4 Å². The minimum atomic E-state index is 0.546. The van der Waals surface area contributed by atoms with Gasteiger partial charge >= 0.3 is 0 Å². The second kappa shape index (κ2) is 6.57. The van der Waals surface area contributed by atoms with E-state index >= 15 is 0 Å². The van der Waals surface area contributed by atoms with E-state index < -0.39 is 0 Å². The van der Waals surface area contributed by atoms with Crippen LogP contribution in [0.25, 0.3) is 0 Å². The number of hydrogen-bond acceptors (Lipinski definition) is 4. The normalized spacial score (nSPS) is 18.5. The van der Waals surface area contributed by atoms with Crippen LogP contribution in [-0.4, -0.2) is 23.1 Å². The summed E-state index contributed by atoms with van der Waals surface area (Å²) < 4.78 is 5.71. The molecule has 1 atom stereocenters. The van der Waals surface area contributed by atoms with Crippen LogP contribution in [0.3, 0.4) is 0 Å². The van der Waals surface area contributed by atoms with Crippen LogP contribution in [0.2, 0.25) is 0 Å². The maximum atomic E-state index is 5.71. The number of aromatic nitrogens is 2. The smallest absolute Gasteiger partial charge is 0.225 e. The van der Waals surface area contributed by atoms with Crippen LogP contribution in [0, 0.1) is 5.92 Å². The number of anilines is 1. The van der Waals surface area contributed by atoms with Crippen molar-refractivity contribution in [3.8, 4) is 5.75 Å². The maximum Gasteiger partial charge on any atom is 0.225 e. The molecule has 1 saturated heterocycles. The highest BCUT2D eigenvalue weighted by atomic mass is 16.5. The number of rotatable bonds is 4. The van der Waals surface area contributed by atoms with Crippen molar-refractivity contribution in [3.05, 3.63) is 48.3 Å². The number of benzene rings is 1. The van der Waals surface area contributed by atoms with E-state index in [1.54, 1.807) is 12.4 Å². The molecule has 1 aromatic heterocycles. The second-order valence-electron chi connectivity index (χ2n) is 5.69. The molecule has 1 fully saturated rings. The quantitative estimate of drug-likeness (QED) is 0.863. The van der Waals surface area contributed by atoms with E-state index in [1.807, 2.05) is 30.3 Å². The lowest BCUT2D eigenvalue weighted by Gasteiger charge is -2.30. The molecule has 1 aliphatic rings. The lowest BCUT2D eigenvalue weighted by molar-refractivity contribution is 0.303. The fourth-order valence-corrected chi connectivity index (χ4v) is 2.66. The van der Waals surface area contributed by atoms with Crippen LogP contribution < -0.4 is 9.64 Å². The summed E-state index contributed by atoms with van der Waals surface area (Å²) in [5, 5.41) is 0. The molecule has 0 N–H and O–H groups in total. The van der Waals surface area contributed by atoms with Crippen LogP contribution in [-0.2, 0) is 6.61 Å². The number of nitrogens with zero attached hydrogens (tertiary/aromatic N) is 3. The number of ether oxygens (including phenoxy) is 1. The summed E-state index contributed by atoms with van der Waals surface area (Å²) in [6.45, 7) is 4.92. The van der Waals surface area contributed by atoms with Gasteiger partial charge in [0.25, 0.3) is 0 Å². The van der Waals surface area contributed by atoms with E-state index in [0.717, 1.165) is 30.5 Å². The average Bonchev–Trinajstić information content (AvgIpc) is 2.54. The fourth-order valence-electron chi connectivity index (χ4n) is 2.66. The highest BCUT2D eigenvalue weighted by Gasteiger charge is 2.18. The van der Waals surface area contributed by atoms with Gasteiger partial charge in [-0.1, -0.05) is 37.3 Å². The van der Waals surface area contributed by atoms with Crippen LogP contribution in [0.5, 0.6) is 5.75 Å². The first kappa shape index (κ1) is 13.9. The predicted octanol–water partition coefficient (Wildman–Crippen LogP) is 3.29. The molecule has 0 bridgehead atoms. The van der Waals surface area contributed by atoms with Gasteiger partial charge in [0, 0.05) is 13.1 Å². The molecule has 0 saturated carbocycles. The number of hydrogen-bond donors (Lipinski definition) is 0. The van der Waals surface area contributed by atoms with Gasteiger partial charge in [0.05, 0.1) is 12.4 Å². The topological polar surface area (TPSA) is 38.2 Å². The molecule has 2 aromatic rings. The molecule has 0 radical (unpaired) electrons. The summed E-state index contributed by atoms with van der Waals surface area (Å²) in [5.41, 5.74) is 1.14. The Morgan fingerprint density at radius 1 is 1.19 bits per heavy atom. The molecular formula is C17H21N3O. The molecule has 110 valence electrons. The molecule has 1 aliphatic heterocycles. The molecule has 0 amide bonds. The Morgan fingerprint density at radius 3 is 2.67 bits per heavy atom. The lowest BCUT2D eigenvalue weighted by Crippen LogP contribution is -2.35. The summed E-state index contributed by atoms with van der Waals surface area (Å²) in [6, 6.07) is 10.1. The summed E-state index contributed by atoms with van der Waals surface area (Å²) >= 11 is 0. The first-order chi connectivity index (χ1) is 10.3. The highest BCUT2D eigenvalue weighted by Crippen LogP contribution is 2.20. The maximum absolute atomic E-state index is 5.71. The Hall–Kier alpha value is -2.10. The Kier molecular flexibility index (Phi) is 4.34. The molecular weight excluding hydrogens is 262 g/mol. The molecule has 4 nitrogen and oxygen atoms in total. The van der Waals surface area contributed by atoms with Gasteiger partial charge in [0.15, 0.2) is 5.75 Å². The van der Waals surface area contributed by atoms with E-state index in [9.17, 15) is 0 Å². The van der Waals surface area contributed by atoms with E-state index in [2.05, 4.69) is 21.8 Å². The van der Waals surface area contributed by atoms with Gasteiger partial charge in [0.1, 0.15) is 6.61 Å². The molecule has 0 spiro atoms. The summed E-state index contributed by atoms with van der Waals surface area (Å²) in [7, 11) is 0. The highest BCUT2D eigenvalue weighted by molar-refractivity contribution is 5.32. The van der Waals surface area contributed by atoms with E-state index in [1.165, 1.54) is 12.8 Å². The van der Waals surface area contributed by atoms with Gasteiger partial charge in [-0.15, -0.1) is 0 Å². The minimum Gasteiger partial charge on any atom is -0.486 e. The van der Waals surface area contributed by atoms with Crippen molar-refractivity contribution in [2.24, 2.45) is 5.92 Å². The van der Waals surface area contributed by atoms with Crippen molar-refractivity contribution in [1.82, 2.24) is 9.97 Å². The van der Waals surface area contributed by atoms with Crippen LogP contribution in [0.4, 0.5) is 5.95 Å². The SMILES string of the molecule is C[C@@H]1CCCN(c2ncc(OCc3ccccc3)cn2)C1. The van der Waals surface area contributed by atoms with Crippen molar-refractivity contribution >= 4 is 5.95 Å². The van der Waals surface area contributed by atoms with Crippen molar-refractivity contribution in [2.45, 2.75) is 26.4 Å². The lowest BCUT2D eigenvalue weighted by atomic mass is 10.0. The minimum absolute atomic E-state index is 0.546. The molecule has 4 heteroatoms. The fraction of sp³-hybridized carbons (Fsp3) is 0.412. The van der Waals surface area contributed by atoms with Crippen LogP contribution >= 0.6 is 0 Å². The summed E-state index contributed by atoms with van der Waals surface area (Å²) in [6.07, 6.45) is 6.06. The molecule has 0 unspecified atom stereocenters. The van der Waals surface area contributed by atoms with Gasteiger partial charge in [-0.25, -0.2) is 9.97 Å². The second-order valence-corrected chi connectivity index (χ2v) is 5.69. The predicted molar refractivity (Wildman–Crippen MR) is 83.4 cm³/mol. The van der Waals surface area contributed by atoms with Gasteiger partial charge in [0.2, 0.25) is 5.95 Å². The largest absolute Gasteiger partial charge is 0.486 e.